The maximum atomic E-state index is 11.0. The first-order valence-corrected chi connectivity index (χ1v) is 4.77. The molecule has 1 saturated heterocycles. The summed E-state index contributed by atoms with van der Waals surface area (Å²) < 4.78 is 0. The van der Waals surface area contributed by atoms with Gasteiger partial charge in [-0.25, -0.2) is 0 Å². The van der Waals surface area contributed by atoms with Crippen molar-refractivity contribution >= 4 is 5.91 Å². The molecule has 0 aromatic heterocycles. The Kier molecular flexibility index (Phi) is 2.05. The summed E-state index contributed by atoms with van der Waals surface area (Å²) in [5.41, 5.74) is 0. The largest absolute Gasteiger partial charge is 0.341 e. The van der Waals surface area contributed by atoms with Crippen LogP contribution in [0.3, 0.4) is 0 Å². The van der Waals surface area contributed by atoms with Crippen LogP contribution in [-0.2, 0) is 4.79 Å². The zero-order valence-electron chi connectivity index (χ0n) is 7.55. The summed E-state index contributed by atoms with van der Waals surface area (Å²) in [5.74, 6) is 0.218. The molecule has 1 aliphatic heterocycles. The van der Waals surface area contributed by atoms with E-state index in [0.29, 0.717) is 6.04 Å². The van der Waals surface area contributed by atoms with E-state index in [-0.39, 0.29) is 5.91 Å². The van der Waals surface area contributed by atoms with Crippen molar-refractivity contribution in [2.45, 2.75) is 38.3 Å². The quantitative estimate of drug-likeness (QED) is 0.645. The summed E-state index contributed by atoms with van der Waals surface area (Å²) in [5, 5.41) is 3.54. The molecule has 1 saturated carbocycles. The molecule has 0 aromatic carbocycles. The van der Waals surface area contributed by atoms with Gasteiger partial charge in [0, 0.05) is 32.1 Å². The van der Waals surface area contributed by atoms with Gasteiger partial charge in [-0.15, -0.1) is 0 Å². The van der Waals surface area contributed by atoms with E-state index >= 15 is 0 Å². The molecule has 0 aromatic rings. The molecular weight excluding hydrogens is 152 g/mol. The minimum atomic E-state index is 0.218. The Balaban J connectivity index is 1.76. The monoisotopic (exact) mass is 168 g/mol. The molecule has 2 fully saturated rings. The van der Waals surface area contributed by atoms with Gasteiger partial charge < -0.3 is 10.2 Å². The molecule has 12 heavy (non-hydrogen) atoms. The van der Waals surface area contributed by atoms with Crippen LogP contribution in [0.4, 0.5) is 0 Å². The number of rotatable bonds is 2. The van der Waals surface area contributed by atoms with E-state index in [1.807, 2.05) is 4.90 Å². The van der Waals surface area contributed by atoms with Crippen molar-refractivity contribution in [1.82, 2.24) is 10.2 Å². The van der Waals surface area contributed by atoms with Crippen LogP contribution in [-0.4, -0.2) is 36.0 Å². The van der Waals surface area contributed by atoms with Crippen LogP contribution < -0.4 is 5.32 Å². The number of amides is 1. The van der Waals surface area contributed by atoms with Gasteiger partial charge >= 0.3 is 0 Å². The molecule has 0 unspecified atom stereocenters. The maximum Gasteiger partial charge on any atom is 0.219 e. The van der Waals surface area contributed by atoms with Crippen molar-refractivity contribution in [1.29, 1.82) is 0 Å². The smallest absolute Gasteiger partial charge is 0.219 e. The zero-order valence-corrected chi connectivity index (χ0v) is 7.55. The van der Waals surface area contributed by atoms with Crippen LogP contribution in [0.25, 0.3) is 0 Å². The van der Waals surface area contributed by atoms with Crippen LogP contribution in [0, 0.1) is 0 Å². The Bertz CT molecular complexity index is 189. The molecule has 2 aliphatic rings. The molecule has 1 N–H and O–H groups in total. The maximum absolute atomic E-state index is 11.0. The van der Waals surface area contributed by atoms with Gasteiger partial charge in [-0.05, 0) is 19.3 Å². The standard InChI is InChI=1S/C9H16N2O/c1-7(12)11-5-4-9(6-11)10-8-2-3-8/h8-10H,2-6H2,1H3/t9-/m0/s1. The molecule has 2 rings (SSSR count). The first kappa shape index (κ1) is 8.05. The number of likely N-dealkylation sites (tertiary alicyclic amines) is 1. The van der Waals surface area contributed by atoms with Gasteiger partial charge in [0.2, 0.25) is 5.91 Å². The number of nitrogens with zero attached hydrogens (tertiary/aromatic N) is 1. The number of hydrogen-bond acceptors (Lipinski definition) is 2. The first-order valence-electron chi connectivity index (χ1n) is 4.77. The highest BCUT2D eigenvalue weighted by atomic mass is 16.2. The molecule has 1 amide bonds. The van der Waals surface area contributed by atoms with Gasteiger partial charge in [0.15, 0.2) is 0 Å². The second kappa shape index (κ2) is 3.05. The fraction of sp³-hybridized carbons (Fsp3) is 0.889. The zero-order chi connectivity index (χ0) is 8.55. The third kappa shape index (κ3) is 1.78. The number of carbonyl (C=O) groups is 1. The molecule has 0 spiro atoms. The molecule has 68 valence electrons. The van der Waals surface area contributed by atoms with Gasteiger partial charge in [-0.1, -0.05) is 0 Å². The Morgan fingerprint density at radius 2 is 2.08 bits per heavy atom. The second-order valence-electron chi connectivity index (χ2n) is 3.89. The lowest BCUT2D eigenvalue weighted by molar-refractivity contribution is -0.127. The Labute approximate surface area is 73.1 Å². The van der Waals surface area contributed by atoms with Crippen molar-refractivity contribution in [3.63, 3.8) is 0 Å². The van der Waals surface area contributed by atoms with E-state index in [9.17, 15) is 4.79 Å². The molecular formula is C9H16N2O. The highest BCUT2D eigenvalue weighted by Crippen LogP contribution is 2.21. The third-order valence-electron chi connectivity index (χ3n) is 2.68. The number of nitrogens with one attached hydrogen (secondary N) is 1. The Morgan fingerprint density at radius 3 is 2.58 bits per heavy atom. The lowest BCUT2D eigenvalue weighted by Gasteiger charge is -2.14. The summed E-state index contributed by atoms with van der Waals surface area (Å²) in [4.78, 5) is 12.9. The summed E-state index contributed by atoms with van der Waals surface area (Å²) in [6, 6.07) is 1.34. The Morgan fingerprint density at radius 1 is 1.33 bits per heavy atom. The molecule has 3 heteroatoms. The molecule has 3 nitrogen and oxygen atoms in total. The summed E-state index contributed by atoms with van der Waals surface area (Å²) in [7, 11) is 0. The second-order valence-corrected chi connectivity index (χ2v) is 3.89. The van der Waals surface area contributed by atoms with Crippen molar-refractivity contribution in [3.8, 4) is 0 Å². The molecule has 1 heterocycles. The average molecular weight is 168 g/mol. The predicted octanol–water partition coefficient (Wildman–Crippen LogP) is 0.359. The summed E-state index contributed by atoms with van der Waals surface area (Å²) in [6.45, 7) is 3.52. The number of carbonyl (C=O) groups excluding carboxylic acids is 1. The Hall–Kier alpha value is -0.570. The van der Waals surface area contributed by atoms with E-state index in [0.717, 1.165) is 25.6 Å². The van der Waals surface area contributed by atoms with Crippen molar-refractivity contribution in [3.05, 3.63) is 0 Å². The SMILES string of the molecule is CC(=O)N1CC[C@H](NC2CC2)C1. The highest BCUT2D eigenvalue weighted by Gasteiger charge is 2.29. The van der Waals surface area contributed by atoms with E-state index in [1.54, 1.807) is 6.92 Å². The summed E-state index contributed by atoms with van der Waals surface area (Å²) in [6.07, 6.45) is 3.79. The van der Waals surface area contributed by atoms with Crippen LogP contribution in [0.1, 0.15) is 26.2 Å². The van der Waals surface area contributed by atoms with Gasteiger partial charge in [0.1, 0.15) is 0 Å². The van der Waals surface area contributed by atoms with Crippen LogP contribution in [0.15, 0.2) is 0 Å². The van der Waals surface area contributed by atoms with E-state index < -0.39 is 0 Å². The normalized spacial score (nSPS) is 29.4. The fourth-order valence-corrected chi connectivity index (χ4v) is 1.77. The minimum Gasteiger partial charge on any atom is -0.341 e. The topological polar surface area (TPSA) is 32.3 Å². The highest BCUT2D eigenvalue weighted by molar-refractivity contribution is 5.73. The average Bonchev–Trinajstić information content (AvgIpc) is 2.66. The van der Waals surface area contributed by atoms with Gasteiger partial charge in [-0.3, -0.25) is 4.79 Å². The number of hydrogen-bond donors (Lipinski definition) is 1. The summed E-state index contributed by atoms with van der Waals surface area (Å²) >= 11 is 0. The van der Waals surface area contributed by atoms with Crippen molar-refractivity contribution in [2.75, 3.05) is 13.1 Å². The van der Waals surface area contributed by atoms with Gasteiger partial charge in [-0.2, -0.15) is 0 Å². The van der Waals surface area contributed by atoms with E-state index in [4.69, 9.17) is 0 Å². The van der Waals surface area contributed by atoms with Crippen LogP contribution >= 0.6 is 0 Å². The lowest BCUT2D eigenvalue weighted by atomic mass is 10.2. The fourth-order valence-electron chi connectivity index (χ4n) is 1.77. The minimum absolute atomic E-state index is 0.218. The van der Waals surface area contributed by atoms with Gasteiger partial charge in [0.05, 0.1) is 0 Å². The lowest BCUT2D eigenvalue weighted by Crippen LogP contribution is -2.35. The van der Waals surface area contributed by atoms with E-state index in [2.05, 4.69) is 5.32 Å². The third-order valence-corrected chi connectivity index (χ3v) is 2.68. The molecule has 1 aliphatic carbocycles. The van der Waals surface area contributed by atoms with Crippen LogP contribution in [0.2, 0.25) is 0 Å². The molecule has 0 radical (unpaired) electrons. The molecule has 0 bridgehead atoms. The van der Waals surface area contributed by atoms with E-state index in [1.165, 1.54) is 12.8 Å². The van der Waals surface area contributed by atoms with Gasteiger partial charge in [0.25, 0.3) is 0 Å². The van der Waals surface area contributed by atoms with Crippen LogP contribution in [0.5, 0.6) is 0 Å². The van der Waals surface area contributed by atoms with Crippen molar-refractivity contribution < 1.29 is 4.79 Å². The molecule has 1 atom stereocenters. The van der Waals surface area contributed by atoms with Crippen molar-refractivity contribution in [2.24, 2.45) is 0 Å². The first-order chi connectivity index (χ1) is 5.75. The predicted molar refractivity (Wildman–Crippen MR) is 46.8 cm³/mol.